The van der Waals surface area contributed by atoms with Crippen LogP contribution in [0.2, 0.25) is 0 Å². The maximum absolute atomic E-state index is 13.0. The van der Waals surface area contributed by atoms with E-state index in [4.69, 9.17) is 0 Å². The highest BCUT2D eigenvalue weighted by Gasteiger charge is 2.42. The molecule has 38 heavy (non-hydrogen) atoms. The minimum absolute atomic E-state index is 0.0265. The predicted molar refractivity (Wildman–Crippen MR) is 133 cm³/mol. The SMILES string of the molecule is O=C1C(NCc2ccccc2)CCN1c1ccc(-c2nn(OC(=O)C(F)(F)F)c(=O)c3ccccc23)cc1. The van der Waals surface area contributed by atoms with Crippen LogP contribution in [0.4, 0.5) is 18.9 Å². The van der Waals surface area contributed by atoms with Gasteiger partial charge in [-0.2, -0.15) is 13.2 Å². The molecule has 1 aromatic heterocycles. The molecule has 1 fully saturated rings. The van der Waals surface area contributed by atoms with Gasteiger partial charge in [-0.25, -0.2) is 4.79 Å². The molecule has 1 amide bonds. The van der Waals surface area contributed by atoms with Gasteiger partial charge < -0.3 is 15.1 Å². The third-order valence-corrected chi connectivity index (χ3v) is 6.23. The van der Waals surface area contributed by atoms with Gasteiger partial charge >= 0.3 is 17.7 Å². The monoisotopic (exact) mass is 522 g/mol. The number of aromatic nitrogens is 2. The van der Waals surface area contributed by atoms with E-state index in [1.165, 1.54) is 12.1 Å². The lowest BCUT2D eigenvalue weighted by Crippen LogP contribution is -2.39. The Kier molecular flexibility index (Phi) is 6.68. The van der Waals surface area contributed by atoms with Crippen molar-refractivity contribution in [2.75, 3.05) is 11.4 Å². The molecule has 1 aliphatic rings. The highest BCUT2D eigenvalue weighted by atomic mass is 19.4. The van der Waals surface area contributed by atoms with Crippen LogP contribution < -0.4 is 20.6 Å². The minimum atomic E-state index is -5.30. The molecule has 2 heterocycles. The molecule has 1 saturated heterocycles. The van der Waals surface area contributed by atoms with Crippen LogP contribution in [0.5, 0.6) is 0 Å². The van der Waals surface area contributed by atoms with Gasteiger partial charge in [0.05, 0.1) is 11.4 Å². The second kappa shape index (κ2) is 10.1. The predicted octanol–water partition coefficient (Wildman–Crippen LogP) is 3.48. The number of carbonyl (C=O) groups excluding carboxylic acids is 2. The van der Waals surface area contributed by atoms with Crippen molar-refractivity contribution >= 4 is 28.3 Å². The quantitative estimate of drug-likeness (QED) is 0.417. The fourth-order valence-electron chi connectivity index (χ4n) is 4.34. The van der Waals surface area contributed by atoms with Crippen LogP contribution >= 0.6 is 0 Å². The van der Waals surface area contributed by atoms with E-state index >= 15 is 0 Å². The average Bonchev–Trinajstić information content (AvgIpc) is 3.29. The van der Waals surface area contributed by atoms with Crippen LogP contribution in [0.1, 0.15) is 12.0 Å². The Hall–Kier alpha value is -4.51. The van der Waals surface area contributed by atoms with Crippen molar-refractivity contribution in [3.8, 4) is 11.3 Å². The Balaban J connectivity index is 1.39. The standard InChI is InChI=1S/C27H21F3N4O4/c28-27(29,30)26(37)38-34-24(35)21-9-5-4-8-20(21)23(32-34)18-10-12-19(13-11-18)33-15-14-22(25(33)36)31-16-17-6-2-1-3-7-17/h1-13,22,31H,14-16H2. The van der Waals surface area contributed by atoms with E-state index in [9.17, 15) is 27.6 Å². The molecule has 1 N–H and O–H groups in total. The third-order valence-electron chi connectivity index (χ3n) is 6.23. The van der Waals surface area contributed by atoms with Crippen molar-refractivity contribution in [3.05, 3.63) is 94.8 Å². The number of anilines is 1. The summed E-state index contributed by atoms with van der Waals surface area (Å²) in [7, 11) is 0. The average molecular weight is 522 g/mol. The van der Waals surface area contributed by atoms with E-state index in [0.717, 1.165) is 5.56 Å². The normalized spacial score (nSPS) is 15.7. The van der Waals surface area contributed by atoms with Gasteiger partial charge in [-0.3, -0.25) is 9.59 Å². The minimum Gasteiger partial charge on any atom is -0.311 e. The summed E-state index contributed by atoms with van der Waals surface area (Å²) in [4.78, 5) is 42.9. The Bertz CT molecular complexity index is 1550. The molecule has 5 rings (SSSR count). The lowest BCUT2D eigenvalue weighted by molar-refractivity contribution is -0.201. The van der Waals surface area contributed by atoms with E-state index in [1.807, 2.05) is 30.3 Å². The van der Waals surface area contributed by atoms with E-state index in [-0.39, 0.29) is 27.9 Å². The molecule has 0 aliphatic carbocycles. The molecule has 194 valence electrons. The summed E-state index contributed by atoms with van der Waals surface area (Å²) in [6.07, 6.45) is -4.67. The van der Waals surface area contributed by atoms with E-state index in [1.54, 1.807) is 41.3 Å². The topological polar surface area (TPSA) is 93.5 Å². The maximum Gasteiger partial charge on any atom is 0.493 e. The van der Waals surface area contributed by atoms with Crippen molar-refractivity contribution in [1.29, 1.82) is 0 Å². The van der Waals surface area contributed by atoms with Gasteiger partial charge in [-0.1, -0.05) is 60.7 Å². The van der Waals surface area contributed by atoms with Gasteiger partial charge in [-0.15, -0.1) is 5.10 Å². The summed E-state index contributed by atoms with van der Waals surface area (Å²) >= 11 is 0. The van der Waals surface area contributed by atoms with Crippen molar-refractivity contribution < 1.29 is 27.6 Å². The van der Waals surface area contributed by atoms with Gasteiger partial charge in [-0.05, 0) is 35.0 Å². The number of amides is 1. The first-order valence-electron chi connectivity index (χ1n) is 11.7. The zero-order chi connectivity index (χ0) is 26.9. The smallest absolute Gasteiger partial charge is 0.311 e. The highest BCUT2D eigenvalue weighted by molar-refractivity contribution is 6.00. The van der Waals surface area contributed by atoms with Gasteiger partial charge in [0.25, 0.3) is 0 Å². The number of rotatable bonds is 6. The van der Waals surface area contributed by atoms with Crippen molar-refractivity contribution in [3.63, 3.8) is 0 Å². The Morgan fingerprint density at radius 2 is 1.61 bits per heavy atom. The number of fused-ring (bicyclic) bond motifs is 1. The van der Waals surface area contributed by atoms with Crippen LogP contribution in [0.15, 0.2) is 83.7 Å². The summed E-state index contributed by atoms with van der Waals surface area (Å²) in [6, 6.07) is 22.3. The van der Waals surface area contributed by atoms with Crippen molar-refractivity contribution in [1.82, 2.24) is 15.3 Å². The summed E-state index contributed by atoms with van der Waals surface area (Å²) in [5, 5.41) is 7.58. The molecule has 4 aromatic rings. The largest absolute Gasteiger partial charge is 0.493 e. The Labute approximate surface area is 214 Å². The van der Waals surface area contributed by atoms with Gasteiger partial charge in [0.15, 0.2) is 0 Å². The number of carbonyl (C=O) groups is 2. The molecule has 11 heteroatoms. The van der Waals surface area contributed by atoms with Crippen LogP contribution in [0, 0.1) is 0 Å². The molecular formula is C27H21F3N4O4. The van der Waals surface area contributed by atoms with E-state index in [2.05, 4.69) is 15.3 Å². The molecule has 8 nitrogen and oxygen atoms in total. The second-order valence-electron chi connectivity index (χ2n) is 8.69. The number of benzene rings is 3. The van der Waals surface area contributed by atoms with Gasteiger partial charge in [0.2, 0.25) is 5.91 Å². The van der Waals surface area contributed by atoms with Crippen molar-refractivity contribution in [2.45, 2.75) is 25.2 Å². The highest BCUT2D eigenvalue weighted by Crippen LogP contribution is 2.29. The molecule has 1 unspecified atom stereocenters. The van der Waals surface area contributed by atoms with Gasteiger partial charge in [0.1, 0.15) is 5.69 Å². The van der Waals surface area contributed by atoms with Crippen molar-refractivity contribution in [2.24, 2.45) is 0 Å². The molecule has 1 atom stereocenters. The molecule has 0 bridgehead atoms. The van der Waals surface area contributed by atoms with Gasteiger partial charge in [0, 0.05) is 29.7 Å². The molecule has 1 aliphatic heterocycles. The third kappa shape index (κ3) is 5.00. The molecule has 0 radical (unpaired) electrons. The van der Waals surface area contributed by atoms with Crippen LogP contribution in [-0.2, 0) is 16.1 Å². The fraction of sp³-hybridized carbons (Fsp3) is 0.185. The van der Waals surface area contributed by atoms with E-state index in [0.29, 0.717) is 36.1 Å². The first kappa shape index (κ1) is 25.2. The zero-order valence-corrected chi connectivity index (χ0v) is 19.8. The first-order valence-corrected chi connectivity index (χ1v) is 11.7. The Morgan fingerprint density at radius 3 is 2.29 bits per heavy atom. The first-order chi connectivity index (χ1) is 18.2. The lowest BCUT2D eigenvalue weighted by atomic mass is 10.0. The molecule has 3 aromatic carbocycles. The summed E-state index contributed by atoms with van der Waals surface area (Å²) in [5.41, 5.74) is 1.30. The Morgan fingerprint density at radius 1 is 0.947 bits per heavy atom. The summed E-state index contributed by atoms with van der Waals surface area (Å²) < 4.78 is 38.2. The summed E-state index contributed by atoms with van der Waals surface area (Å²) in [5.74, 6) is -2.63. The lowest BCUT2D eigenvalue weighted by Gasteiger charge is -2.18. The number of nitrogens with zero attached hydrogens (tertiary/aromatic N) is 3. The number of hydrogen-bond donors (Lipinski definition) is 1. The number of nitrogens with one attached hydrogen (secondary N) is 1. The second-order valence-corrected chi connectivity index (χ2v) is 8.69. The molecular weight excluding hydrogens is 501 g/mol. The van der Waals surface area contributed by atoms with E-state index < -0.39 is 17.7 Å². The molecule has 0 spiro atoms. The number of alkyl halides is 3. The number of halogens is 3. The maximum atomic E-state index is 13.0. The molecule has 0 saturated carbocycles. The van der Waals surface area contributed by atoms with Crippen LogP contribution in [0.25, 0.3) is 22.0 Å². The number of hydrogen-bond acceptors (Lipinski definition) is 6. The zero-order valence-electron chi connectivity index (χ0n) is 19.8. The fourth-order valence-corrected chi connectivity index (χ4v) is 4.34. The summed E-state index contributed by atoms with van der Waals surface area (Å²) in [6.45, 7) is 1.08. The van der Waals surface area contributed by atoms with Crippen LogP contribution in [-0.4, -0.2) is 40.6 Å². The van der Waals surface area contributed by atoms with Crippen LogP contribution in [0.3, 0.4) is 0 Å².